The normalized spacial score (nSPS) is 15.3. The summed E-state index contributed by atoms with van der Waals surface area (Å²) in [4.78, 5) is 0. The molecule has 0 saturated carbocycles. The fourth-order valence-electron chi connectivity index (χ4n) is 3.16. The van der Waals surface area contributed by atoms with E-state index in [0.717, 1.165) is 23.1 Å². The van der Waals surface area contributed by atoms with Crippen LogP contribution in [0.15, 0.2) is 52.0 Å². The summed E-state index contributed by atoms with van der Waals surface area (Å²) in [5, 5.41) is 0. The fraction of sp³-hybridized carbons (Fsp3) is 0.158. The Morgan fingerprint density at radius 1 is 0.857 bits per heavy atom. The number of methoxy groups -OCH3 is 1. The van der Waals surface area contributed by atoms with Crippen molar-refractivity contribution in [2.24, 2.45) is 0 Å². The van der Waals surface area contributed by atoms with E-state index in [4.69, 9.17) is 4.74 Å². The Hall–Kier alpha value is -1.80. The number of allylic oxidation sites excluding steroid dienone is 2. The molecule has 1 nitrogen and oxygen atoms in total. The molecule has 2 aliphatic rings. The van der Waals surface area contributed by atoms with Gasteiger partial charge in [0.15, 0.2) is 0 Å². The molecule has 104 valence electrons. The lowest BCUT2D eigenvalue weighted by Gasteiger charge is -2.04. The standard InChI is InChI=1S/C19H15BrO/c1-21-19-5-3-13-7-15(9-17(13)11-19)14-6-12-2-4-18(20)10-16(12)8-14/h2-6,9-11H,7-8H2,1H3. The zero-order valence-corrected chi connectivity index (χ0v) is 13.4. The molecule has 4 rings (SSSR count). The predicted molar refractivity (Wildman–Crippen MR) is 90.5 cm³/mol. The summed E-state index contributed by atoms with van der Waals surface area (Å²) in [5.41, 5.74) is 8.33. The second-order valence-corrected chi connectivity index (χ2v) is 6.52. The maximum atomic E-state index is 5.31. The van der Waals surface area contributed by atoms with Gasteiger partial charge in [0.2, 0.25) is 0 Å². The molecule has 0 spiro atoms. The highest BCUT2D eigenvalue weighted by Gasteiger charge is 2.20. The van der Waals surface area contributed by atoms with Gasteiger partial charge in [-0.1, -0.05) is 40.2 Å². The van der Waals surface area contributed by atoms with Crippen LogP contribution in [0.25, 0.3) is 12.2 Å². The van der Waals surface area contributed by atoms with Gasteiger partial charge in [-0.05, 0) is 70.5 Å². The smallest absolute Gasteiger partial charge is 0.119 e. The van der Waals surface area contributed by atoms with Gasteiger partial charge in [0.1, 0.15) is 5.75 Å². The molecule has 0 bridgehead atoms. The van der Waals surface area contributed by atoms with E-state index in [0.29, 0.717) is 0 Å². The molecular weight excluding hydrogens is 324 g/mol. The van der Waals surface area contributed by atoms with Crippen molar-refractivity contribution in [1.29, 1.82) is 0 Å². The second kappa shape index (κ2) is 4.88. The second-order valence-electron chi connectivity index (χ2n) is 5.60. The van der Waals surface area contributed by atoms with Crippen LogP contribution in [0.3, 0.4) is 0 Å². The first-order valence-electron chi connectivity index (χ1n) is 7.10. The minimum Gasteiger partial charge on any atom is -0.497 e. The molecule has 0 atom stereocenters. The van der Waals surface area contributed by atoms with E-state index in [1.807, 2.05) is 6.07 Å². The highest BCUT2D eigenvalue weighted by atomic mass is 79.9. The van der Waals surface area contributed by atoms with E-state index in [9.17, 15) is 0 Å². The zero-order valence-electron chi connectivity index (χ0n) is 11.8. The Morgan fingerprint density at radius 3 is 2.43 bits per heavy atom. The molecule has 0 N–H and O–H groups in total. The molecule has 0 amide bonds. The van der Waals surface area contributed by atoms with Crippen LogP contribution in [0.5, 0.6) is 5.75 Å². The Balaban J connectivity index is 1.66. The minimum atomic E-state index is 0.930. The first-order chi connectivity index (χ1) is 10.2. The maximum absolute atomic E-state index is 5.31. The summed E-state index contributed by atoms with van der Waals surface area (Å²) in [6, 6.07) is 12.9. The quantitative estimate of drug-likeness (QED) is 0.745. The maximum Gasteiger partial charge on any atom is 0.119 e. The average molecular weight is 339 g/mol. The van der Waals surface area contributed by atoms with Crippen LogP contribution in [0, 0.1) is 0 Å². The molecular formula is C19H15BrO. The first-order valence-corrected chi connectivity index (χ1v) is 7.89. The van der Waals surface area contributed by atoms with Gasteiger partial charge < -0.3 is 4.74 Å². The third-order valence-electron chi connectivity index (χ3n) is 4.29. The van der Waals surface area contributed by atoms with Gasteiger partial charge in [-0.15, -0.1) is 0 Å². The van der Waals surface area contributed by atoms with Crippen LogP contribution in [0.2, 0.25) is 0 Å². The Bertz CT molecular complexity index is 799. The lowest BCUT2D eigenvalue weighted by Crippen LogP contribution is -1.91. The summed E-state index contributed by atoms with van der Waals surface area (Å²) in [5.74, 6) is 0.930. The van der Waals surface area contributed by atoms with Gasteiger partial charge in [0, 0.05) is 4.47 Å². The topological polar surface area (TPSA) is 9.23 Å². The highest BCUT2D eigenvalue weighted by molar-refractivity contribution is 9.10. The number of benzene rings is 2. The van der Waals surface area contributed by atoms with Crippen molar-refractivity contribution >= 4 is 28.1 Å². The van der Waals surface area contributed by atoms with E-state index >= 15 is 0 Å². The molecule has 0 radical (unpaired) electrons. The monoisotopic (exact) mass is 338 g/mol. The van der Waals surface area contributed by atoms with Gasteiger partial charge in [0.05, 0.1) is 7.11 Å². The van der Waals surface area contributed by atoms with E-state index in [-0.39, 0.29) is 0 Å². The molecule has 0 aromatic heterocycles. The third-order valence-corrected chi connectivity index (χ3v) is 4.79. The number of hydrogen-bond donors (Lipinski definition) is 0. The Kier molecular flexibility index (Phi) is 3.00. The van der Waals surface area contributed by atoms with Crippen molar-refractivity contribution in [2.45, 2.75) is 12.8 Å². The summed E-state index contributed by atoms with van der Waals surface area (Å²) in [6.07, 6.45) is 6.70. The van der Waals surface area contributed by atoms with E-state index in [2.05, 4.69) is 58.4 Å². The van der Waals surface area contributed by atoms with Crippen LogP contribution in [-0.2, 0) is 12.8 Å². The van der Waals surface area contributed by atoms with E-state index in [1.165, 1.54) is 33.4 Å². The van der Waals surface area contributed by atoms with Gasteiger partial charge in [-0.25, -0.2) is 0 Å². The van der Waals surface area contributed by atoms with Gasteiger partial charge in [0.25, 0.3) is 0 Å². The van der Waals surface area contributed by atoms with E-state index in [1.54, 1.807) is 7.11 Å². The SMILES string of the molecule is COc1ccc2c(c1)C=C(C1=Cc3ccc(Br)cc3C1)C2. The number of halogens is 1. The lowest BCUT2D eigenvalue weighted by atomic mass is 10.0. The van der Waals surface area contributed by atoms with Crippen LogP contribution in [-0.4, -0.2) is 7.11 Å². The summed E-state index contributed by atoms with van der Waals surface area (Å²) in [7, 11) is 1.72. The number of fused-ring (bicyclic) bond motifs is 2. The van der Waals surface area contributed by atoms with Gasteiger partial charge >= 0.3 is 0 Å². The summed E-state index contributed by atoms with van der Waals surface area (Å²) in [6.45, 7) is 0. The number of ether oxygens (including phenoxy) is 1. The van der Waals surface area contributed by atoms with Crippen molar-refractivity contribution in [1.82, 2.24) is 0 Å². The minimum absolute atomic E-state index is 0.930. The fourth-order valence-corrected chi connectivity index (χ4v) is 3.57. The molecule has 21 heavy (non-hydrogen) atoms. The highest BCUT2D eigenvalue weighted by Crippen LogP contribution is 2.37. The zero-order chi connectivity index (χ0) is 14.4. The summed E-state index contributed by atoms with van der Waals surface area (Å²) >= 11 is 3.56. The molecule has 0 saturated heterocycles. The number of hydrogen-bond acceptors (Lipinski definition) is 1. The molecule has 0 fully saturated rings. The molecule has 0 aliphatic heterocycles. The average Bonchev–Trinajstić information content (AvgIpc) is 3.08. The van der Waals surface area contributed by atoms with Gasteiger partial charge in [-0.3, -0.25) is 0 Å². The Morgan fingerprint density at radius 2 is 1.62 bits per heavy atom. The lowest BCUT2D eigenvalue weighted by molar-refractivity contribution is 0.414. The molecule has 0 unspecified atom stereocenters. The predicted octanol–water partition coefficient (Wildman–Crippen LogP) is 5.04. The molecule has 0 heterocycles. The van der Waals surface area contributed by atoms with Crippen molar-refractivity contribution in [2.75, 3.05) is 7.11 Å². The number of rotatable bonds is 2. The molecule has 2 aromatic rings. The molecule has 2 aliphatic carbocycles. The third kappa shape index (κ3) is 2.24. The van der Waals surface area contributed by atoms with Crippen molar-refractivity contribution in [3.63, 3.8) is 0 Å². The molecule has 2 aromatic carbocycles. The van der Waals surface area contributed by atoms with Crippen molar-refractivity contribution in [3.8, 4) is 5.75 Å². The van der Waals surface area contributed by atoms with Crippen molar-refractivity contribution in [3.05, 3.63) is 74.3 Å². The van der Waals surface area contributed by atoms with Crippen LogP contribution < -0.4 is 4.74 Å². The Labute approximate surface area is 133 Å². The van der Waals surface area contributed by atoms with Crippen molar-refractivity contribution < 1.29 is 4.74 Å². The van der Waals surface area contributed by atoms with E-state index < -0.39 is 0 Å². The van der Waals surface area contributed by atoms with Crippen LogP contribution in [0.4, 0.5) is 0 Å². The largest absolute Gasteiger partial charge is 0.497 e. The molecule has 2 heteroatoms. The van der Waals surface area contributed by atoms with Crippen LogP contribution in [0.1, 0.15) is 22.3 Å². The first kappa shape index (κ1) is 12.9. The summed E-state index contributed by atoms with van der Waals surface area (Å²) < 4.78 is 6.47. The van der Waals surface area contributed by atoms with Crippen LogP contribution >= 0.6 is 15.9 Å². The van der Waals surface area contributed by atoms with Gasteiger partial charge in [-0.2, -0.15) is 0 Å².